The lowest BCUT2D eigenvalue weighted by Gasteiger charge is -2.14. The van der Waals surface area contributed by atoms with Gasteiger partial charge in [-0.1, -0.05) is 18.5 Å². The molecule has 0 saturated heterocycles. The molecule has 3 aromatic rings. The number of sulfonamides is 1. The van der Waals surface area contributed by atoms with Crippen molar-refractivity contribution in [1.29, 1.82) is 0 Å². The highest BCUT2D eigenvalue weighted by Gasteiger charge is 2.16. The van der Waals surface area contributed by atoms with E-state index < -0.39 is 10.0 Å². The molecule has 142 valence electrons. The zero-order valence-corrected chi connectivity index (χ0v) is 16.9. The van der Waals surface area contributed by atoms with Crippen LogP contribution in [-0.4, -0.2) is 25.0 Å². The molecule has 6 nitrogen and oxygen atoms in total. The average Bonchev–Trinajstić information content (AvgIpc) is 3.07. The molecule has 1 aromatic heterocycles. The zero-order valence-electron chi connectivity index (χ0n) is 15.3. The van der Waals surface area contributed by atoms with E-state index in [0.29, 0.717) is 16.3 Å². The highest BCUT2D eigenvalue weighted by atomic mass is 35.5. The first kappa shape index (κ1) is 19.4. The predicted octanol–water partition coefficient (Wildman–Crippen LogP) is 3.95. The number of anilines is 2. The van der Waals surface area contributed by atoms with Gasteiger partial charge in [-0.3, -0.25) is 0 Å². The van der Waals surface area contributed by atoms with Crippen molar-refractivity contribution in [1.82, 2.24) is 14.3 Å². The largest absolute Gasteiger partial charge is 0.355 e. The molecule has 0 aliphatic carbocycles. The quantitative estimate of drug-likeness (QED) is 0.652. The van der Waals surface area contributed by atoms with Crippen LogP contribution < -0.4 is 10.0 Å². The molecular formula is C19H21ClN4O2S. The molecule has 0 bridgehead atoms. The van der Waals surface area contributed by atoms with E-state index >= 15 is 0 Å². The summed E-state index contributed by atoms with van der Waals surface area (Å²) in [6.45, 7) is 2.06. The molecule has 2 N–H and O–H groups in total. The van der Waals surface area contributed by atoms with Crippen LogP contribution in [0.1, 0.15) is 12.5 Å². The molecule has 1 heterocycles. The summed E-state index contributed by atoms with van der Waals surface area (Å²) in [5.74, 6) is 0. The van der Waals surface area contributed by atoms with Crippen LogP contribution in [0.5, 0.6) is 0 Å². The molecule has 2 aromatic carbocycles. The van der Waals surface area contributed by atoms with Crippen molar-refractivity contribution in [3.8, 4) is 11.3 Å². The van der Waals surface area contributed by atoms with Crippen LogP contribution in [0, 0.1) is 0 Å². The lowest BCUT2D eigenvalue weighted by Crippen LogP contribution is -2.18. The van der Waals surface area contributed by atoms with Crippen LogP contribution in [0.25, 0.3) is 11.3 Å². The van der Waals surface area contributed by atoms with Crippen LogP contribution in [0.2, 0.25) is 5.02 Å². The van der Waals surface area contributed by atoms with Crippen molar-refractivity contribution in [2.75, 3.05) is 12.4 Å². The molecule has 3 rings (SSSR count). The minimum absolute atomic E-state index is 0.177. The second kappa shape index (κ2) is 7.72. The Morgan fingerprint density at radius 1 is 1.19 bits per heavy atom. The smallest absolute Gasteiger partial charge is 0.240 e. The van der Waals surface area contributed by atoms with Crippen molar-refractivity contribution in [2.45, 2.75) is 18.2 Å². The van der Waals surface area contributed by atoms with E-state index in [1.807, 2.05) is 36.0 Å². The Hall–Kier alpha value is -2.35. The van der Waals surface area contributed by atoms with Gasteiger partial charge in [0.2, 0.25) is 10.0 Å². The van der Waals surface area contributed by atoms with Gasteiger partial charge in [0.25, 0.3) is 0 Å². The van der Waals surface area contributed by atoms with Crippen LogP contribution >= 0.6 is 11.6 Å². The molecule has 0 atom stereocenters. The maximum Gasteiger partial charge on any atom is 0.240 e. The van der Waals surface area contributed by atoms with E-state index in [1.54, 1.807) is 24.5 Å². The second-order valence-electron chi connectivity index (χ2n) is 6.17. The minimum atomic E-state index is -3.56. The predicted molar refractivity (Wildman–Crippen MR) is 109 cm³/mol. The zero-order chi connectivity index (χ0) is 19.6. The topological polar surface area (TPSA) is 76.0 Å². The van der Waals surface area contributed by atoms with Gasteiger partial charge in [-0.2, -0.15) is 0 Å². The van der Waals surface area contributed by atoms with Gasteiger partial charge in [-0.05, 0) is 55.4 Å². The first-order chi connectivity index (χ1) is 12.8. The third-order valence-corrected chi connectivity index (χ3v) is 5.83. The normalized spacial score (nSPS) is 11.6. The molecule has 0 spiro atoms. The number of nitrogens with one attached hydrogen (secondary N) is 2. The Labute approximate surface area is 164 Å². The third kappa shape index (κ3) is 4.32. The number of rotatable bonds is 6. The summed E-state index contributed by atoms with van der Waals surface area (Å²) in [7, 11) is -0.310. The molecule has 0 aliphatic heterocycles. The SMILES string of the molecule is CCc1cc(Cl)cc(Nc2ccc(S(=O)(=O)NC)cc2-c2cn(C)cn2)c1. The fourth-order valence-corrected chi connectivity index (χ4v) is 3.78. The molecule has 0 aliphatic rings. The van der Waals surface area contributed by atoms with Gasteiger partial charge in [-0.15, -0.1) is 0 Å². The number of aromatic nitrogens is 2. The molecule has 0 saturated carbocycles. The maximum absolute atomic E-state index is 12.2. The Morgan fingerprint density at radius 3 is 2.59 bits per heavy atom. The standard InChI is InChI=1S/C19H21ClN4O2S/c1-4-13-7-14(20)9-15(8-13)23-18-6-5-16(27(25,26)21-2)10-17(18)19-11-24(3)12-22-19/h5-12,21,23H,4H2,1-3H3. The van der Waals surface area contributed by atoms with Gasteiger partial charge in [0.15, 0.2) is 0 Å². The second-order valence-corrected chi connectivity index (χ2v) is 8.49. The van der Waals surface area contributed by atoms with Gasteiger partial charge < -0.3 is 9.88 Å². The number of hydrogen-bond acceptors (Lipinski definition) is 4. The van der Waals surface area contributed by atoms with Crippen LogP contribution in [0.15, 0.2) is 53.8 Å². The van der Waals surface area contributed by atoms with Crippen molar-refractivity contribution in [2.24, 2.45) is 7.05 Å². The lowest BCUT2D eigenvalue weighted by atomic mass is 10.1. The van der Waals surface area contributed by atoms with E-state index in [0.717, 1.165) is 23.4 Å². The van der Waals surface area contributed by atoms with Crippen molar-refractivity contribution < 1.29 is 8.42 Å². The van der Waals surface area contributed by atoms with E-state index in [4.69, 9.17) is 11.6 Å². The molecule has 0 fully saturated rings. The number of imidazole rings is 1. The van der Waals surface area contributed by atoms with Gasteiger partial charge in [-0.25, -0.2) is 18.1 Å². The summed E-state index contributed by atoms with van der Waals surface area (Å²) in [5, 5.41) is 3.99. The highest BCUT2D eigenvalue weighted by molar-refractivity contribution is 7.89. The van der Waals surface area contributed by atoms with Crippen molar-refractivity contribution in [3.05, 3.63) is 59.5 Å². The van der Waals surface area contributed by atoms with Gasteiger partial charge in [0.1, 0.15) is 0 Å². The van der Waals surface area contributed by atoms with E-state index in [1.165, 1.54) is 7.05 Å². The first-order valence-electron chi connectivity index (χ1n) is 8.45. The lowest BCUT2D eigenvalue weighted by molar-refractivity contribution is 0.588. The average molecular weight is 405 g/mol. The third-order valence-electron chi connectivity index (χ3n) is 4.20. The fourth-order valence-electron chi connectivity index (χ4n) is 2.76. The molecule has 0 unspecified atom stereocenters. The van der Waals surface area contributed by atoms with Gasteiger partial charge in [0.05, 0.1) is 16.9 Å². The number of benzene rings is 2. The van der Waals surface area contributed by atoms with Crippen LogP contribution in [0.3, 0.4) is 0 Å². The van der Waals surface area contributed by atoms with Crippen molar-refractivity contribution in [3.63, 3.8) is 0 Å². The monoisotopic (exact) mass is 404 g/mol. The van der Waals surface area contributed by atoms with E-state index in [-0.39, 0.29) is 4.90 Å². The summed E-state index contributed by atoms with van der Waals surface area (Å²) >= 11 is 6.22. The first-order valence-corrected chi connectivity index (χ1v) is 10.3. The summed E-state index contributed by atoms with van der Waals surface area (Å²) in [4.78, 5) is 4.55. The summed E-state index contributed by atoms with van der Waals surface area (Å²) < 4.78 is 28.6. The highest BCUT2D eigenvalue weighted by Crippen LogP contribution is 2.32. The van der Waals surface area contributed by atoms with Gasteiger partial charge >= 0.3 is 0 Å². The molecule has 0 radical (unpaired) electrons. The van der Waals surface area contributed by atoms with Gasteiger partial charge in [0, 0.05) is 35.2 Å². The maximum atomic E-state index is 12.2. The number of halogens is 1. The Kier molecular flexibility index (Phi) is 5.55. The molecule has 8 heteroatoms. The molecular weight excluding hydrogens is 384 g/mol. The number of nitrogens with zero attached hydrogens (tertiary/aromatic N) is 2. The van der Waals surface area contributed by atoms with E-state index in [2.05, 4.69) is 21.9 Å². The van der Waals surface area contributed by atoms with Crippen LogP contribution in [-0.2, 0) is 23.5 Å². The van der Waals surface area contributed by atoms with Crippen molar-refractivity contribution >= 4 is 33.0 Å². The Bertz CT molecular complexity index is 1080. The minimum Gasteiger partial charge on any atom is -0.355 e. The number of hydrogen-bond donors (Lipinski definition) is 2. The summed E-state index contributed by atoms with van der Waals surface area (Å²) in [5.41, 5.74) is 4.04. The summed E-state index contributed by atoms with van der Waals surface area (Å²) in [6.07, 6.45) is 4.38. The fraction of sp³-hybridized carbons (Fsp3) is 0.211. The molecule has 0 amide bonds. The summed E-state index contributed by atoms with van der Waals surface area (Å²) in [6, 6.07) is 10.7. The Balaban J connectivity index is 2.10. The van der Waals surface area contributed by atoms with Crippen LogP contribution in [0.4, 0.5) is 11.4 Å². The molecule has 27 heavy (non-hydrogen) atoms. The van der Waals surface area contributed by atoms with E-state index in [9.17, 15) is 8.42 Å². The Morgan fingerprint density at radius 2 is 1.96 bits per heavy atom. The number of aryl methyl sites for hydroxylation is 2.